The lowest BCUT2D eigenvalue weighted by Gasteiger charge is -2.31. The largest absolute Gasteiger partial charge is 0.357 e. The maximum atomic E-state index is 4.65. The summed E-state index contributed by atoms with van der Waals surface area (Å²) >= 11 is 0. The lowest BCUT2D eigenvalue weighted by Crippen LogP contribution is -2.45. The third-order valence-electron chi connectivity index (χ3n) is 3.17. The Labute approximate surface area is 107 Å². The molecule has 0 bridgehead atoms. The minimum absolute atomic E-state index is 0.0812. The fourth-order valence-corrected chi connectivity index (χ4v) is 1.07. The van der Waals surface area contributed by atoms with Crippen molar-refractivity contribution in [2.24, 2.45) is 4.99 Å². The van der Waals surface area contributed by atoms with E-state index in [0.29, 0.717) is 6.04 Å². The van der Waals surface area contributed by atoms with Gasteiger partial charge in [0.1, 0.15) is 0 Å². The van der Waals surface area contributed by atoms with Crippen LogP contribution in [-0.4, -0.2) is 49.6 Å². The monoisotopic (exact) mass is 242 g/mol. The highest BCUT2D eigenvalue weighted by Crippen LogP contribution is 2.09. The number of nitrogens with one attached hydrogen (secondary N) is 2. The van der Waals surface area contributed by atoms with Crippen LogP contribution in [0.5, 0.6) is 0 Å². The first-order valence-corrected chi connectivity index (χ1v) is 6.55. The fourth-order valence-electron chi connectivity index (χ4n) is 1.07. The fraction of sp³-hybridized carbons (Fsp3) is 0.923. The van der Waals surface area contributed by atoms with Crippen molar-refractivity contribution >= 4 is 5.96 Å². The number of nitrogens with zero attached hydrogens (tertiary/aromatic N) is 2. The van der Waals surface area contributed by atoms with Crippen LogP contribution in [0.3, 0.4) is 0 Å². The van der Waals surface area contributed by atoms with Crippen molar-refractivity contribution in [2.75, 3.05) is 27.2 Å². The summed E-state index contributed by atoms with van der Waals surface area (Å²) in [4.78, 5) is 6.84. The van der Waals surface area contributed by atoms with Crippen molar-refractivity contribution in [2.45, 2.75) is 52.6 Å². The number of hydrogen-bond acceptors (Lipinski definition) is 2. The normalized spacial score (nSPS) is 14.9. The molecule has 0 aromatic rings. The van der Waals surface area contributed by atoms with Gasteiger partial charge in [0, 0.05) is 18.1 Å². The van der Waals surface area contributed by atoms with Gasteiger partial charge in [0.25, 0.3) is 0 Å². The van der Waals surface area contributed by atoms with Crippen LogP contribution in [0.15, 0.2) is 4.99 Å². The number of hydrogen-bond donors (Lipinski definition) is 2. The molecule has 0 saturated carbocycles. The van der Waals surface area contributed by atoms with Crippen molar-refractivity contribution < 1.29 is 0 Å². The van der Waals surface area contributed by atoms with E-state index in [1.165, 1.54) is 0 Å². The number of guanidine groups is 1. The van der Waals surface area contributed by atoms with Gasteiger partial charge in [0.2, 0.25) is 0 Å². The first-order chi connectivity index (χ1) is 7.83. The standard InChI is InChI=1S/C13H30N4/c1-8-11(3)16-12(14-9-2)15-10-13(4,5)17(6)7/h11H,8-10H2,1-7H3,(H2,14,15,16). The highest BCUT2D eigenvalue weighted by Gasteiger charge is 2.20. The van der Waals surface area contributed by atoms with Gasteiger partial charge in [-0.05, 0) is 48.2 Å². The summed E-state index contributed by atoms with van der Waals surface area (Å²) < 4.78 is 0. The Morgan fingerprint density at radius 3 is 2.29 bits per heavy atom. The predicted molar refractivity (Wildman–Crippen MR) is 76.6 cm³/mol. The molecule has 0 aromatic heterocycles. The summed E-state index contributed by atoms with van der Waals surface area (Å²) in [5.74, 6) is 0.914. The maximum absolute atomic E-state index is 4.65. The molecule has 102 valence electrons. The minimum Gasteiger partial charge on any atom is -0.357 e. The van der Waals surface area contributed by atoms with Crippen molar-refractivity contribution in [3.8, 4) is 0 Å². The van der Waals surface area contributed by atoms with E-state index in [0.717, 1.165) is 25.5 Å². The molecule has 0 aliphatic heterocycles. The van der Waals surface area contributed by atoms with Crippen LogP contribution in [0, 0.1) is 0 Å². The Morgan fingerprint density at radius 2 is 1.88 bits per heavy atom. The Bertz CT molecular complexity index is 234. The molecule has 0 radical (unpaired) electrons. The first kappa shape index (κ1) is 16.2. The Balaban J connectivity index is 4.48. The quantitative estimate of drug-likeness (QED) is 0.550. The van der Waals surface area contributed by atoms with E-state index >= 15 is 0 Å². The van der Waals surface area contributed by atoms with Crippen LogP contribution in [0.1, 0.15) is 41.0 Å². The smallest absolute Gasteiger partial charge is 0.191 e. The zero-order valence-electron chi connectivity index (χ0n) is 12.6. The molecule has 0 aliphatic rings. The molecule has 0 aromatic carbocycles. The molecule has 0 rings (SSSR count). The summed E-state index contributed by atoms with van der Waals surface area (Å²) in [6.45, 7) is 12.5. The van der Waals surface area contributed by atoms with Crippen molar-refractivity contribution in [3.05, 3.63) is 0 Å². The molecule has 1 atom stereocenters. The van der Waals surface area contributed by atoms with Crippen LogP contribution in [0.25, 0.3) is 0 Å². The molecule has 0 fully saturated rings. The number of rotatable bonds is 6. The molecular formula is C13H30N4. The zero-order chi connectivity index (χ0) is 13.5. The average molecular weight is 242 g/mol. The Morgan fingerprint density at radius 1 is 1.29 bits per heavy atom. The summed E-state index contributed by atoms with van der Waals surface area (Å²) in [5, 5.41) is 6.68. The van der Waals surface area contributed by atoms with Crippen LogP contribution in [-0.2, 0) is 0 Å². The van der Waals surface area contributed by atoms with Gasteiger partial charge in [-0.15, -0.1) is 0 Å². The summed E-state index contributed by atoms with van der Waals surface area (Å²) in [5.41, 5.74) is 0.0812. The molecule has 17 heavy (non-hydrogen) atoms. The molecule has 1 unspecified atom stereocenters. The second-order valence-corrected chi connectivity index (χ2v) is 5.36. The Kier molecular flexibility index (Phi) is 7.19. The lowest BCUT2D eigenvalue weighted by atomic mass is 10.1. The number of likely N-dealkylation sites (N-methyl/N-ethyl adjacent to an activating group) is 1. The second kappa shape index (κ2) is 7.54. The minimum atomic E-state index is 0.0812. The molecule has 0 heterocycles. The van der Waals surface area contributed by atoms with Crippen molar-refractivity contribution in [1.29, 1.82) is 0 Å². The molecule has 4 nitrogen and oxygen atoms in total. The third-order valence-corrected chi connectivity index (χ3v) is 3.17. The molecule has 0 amide bonds. The predicted octanol–water partition coefficient (Wildman–Crippen LogP) is 1.68. The van der Waals surface area contributed by atoms with E-state index < -0.39 is 0 Å². The maximum Gasteiger partial charge on any atom is 0.191 e. The SMILES string of the molecule is CCNC(=NCC(C)(C)N(C)C)NC(C)CC. The van der Waals surface area contributed by atoms with Crippen LogP contribution < -0.4 is 10.6 Å². The van der Waals surface area contributed by atoms with Gasteiger partial charge >= 0.3 is 0 Å². The highest BCUT2D eigenvalue weighted by molar-refractivity contribution is 5.80. The summed E-state index contributed by atoms with van der Waals surface area (Å²) in [6, 6.07) is 0.454. The van der Waals surface area contributed by atoms with Crippen LogP contribution >= 0.6 is 0 Å². The lowest BCUT2D eigenvalue weighted by molar-refractivity contribution is 0.204. The van der Waals surface area contributed by atoms with Gasteiger partial charge in [0.15, 0.2) is 5.96 Å². The topological polar surface area (TPSA) is 39.7 Å². The van der Waals surface area contributed by atoms with Crippen LogP contribution in [0.4, 0.5) is 0 Å². The zero-order valence-corrected chi connectivity index (χ0v) is 12.6. The van der Waals surface area contributed by atoms with E-state index in [1.54, 1.807) is 0 Å². The van der Waals surface area contributed by atoms with E-state index in [-0.39, 0.29) is 5.54 Å². The average Bonchev–Trinajstić information content (AvgIpc) is 2.26. The van der Waals surface area contributed by atoms with E-state index in [1.807, 2.05) is 0 Å². The van der Waals surface area contributed by atoms with Gasteiger partial charge in [-0.3, -0.25) is 4.99 Å². The first-order valence-electron chi connectivity index (χ1n) is 6.55. The third kappa shape index (κ3) is 6.51. The van der Waals surface area contributed by atoms with Gasteiger partial charge < -0.3 is 15.5 Å². The van der Waals surface area contributed by atoms with E-state index in [9.17, 15) is 0 Å². The van der Waals surface area contributed by atoms with Crippen LogP contribution in [0.2, 0.25) is 0 Å². The molecule has 0 spiro atoms. The molecule has 2 N–H and O–H groups in total. The number of aliphatic imine (C=N–C) groups is 1. The summed E-state index contributed by atoms with van der Waals surface area (Å²) in [7, 11) is 4.18. The van der Waals surface area contributed by atoms with Gasteiger partial charge in [-0.1, -0.05) is 6.92 Å². The van der Waals surface area contributed by atoms with Gasteiger partial charge in [-0.2, -0.15) is 0 Å². The molecule has 0 aliphatic carbocycles. The molecule has 4 heteroatoms. The highest BCUT2D eigenvalue weighted by atomic mass is 15.2. The Hall–Kier alpha value is -0.770. The van der Waals surface area contributed by atoms with Gasteiger partial charge in [-0.25, -0.2) is 0 Å². The van der Waals surface area contributed by atoms with E-state index in [4.69, 9.17) is 0 Å². The summed E-state index contributed by atoms with van der Waals surface area (Å²) in [6.07, 6.45) is 1.10. The van der Waals surface area contributed by atoms with Crippen molar-refractivity contribution in [3.63, 3.8) is 0 Å². The molecular weight excluding hydrogens is 212 g/mol. The second-order valence-electron chi connectivity index (χ2n) is 5.36. The van der Waals surface area contributed by atoms with Crippen molar-refractivity contribution in [1.82, 2.24) is 15.5 Å². The molecule has 0 saturated heterocycles. The van der Waals surface area contributed by atoms with Gasteiger partial charge in [0.05, 0.1) is 6.54 Å². The van der Waals surface area contributed by atoms with E-state index in [2.05, 4.69) is 69.2 Å².